The zero-order chi connectivity index (χ0) is 15.6. The third-order valence-corrected chi connectivity index (χ3v) is 5.59. The van der Waals surface area contributed by atoms with Crippen LogP contribution in [0.1, 0.15) is 35.7 Å². The molecule has 0 bridgehead atoms. The van der Waals surface area contributed by atoms with Crippen LogP contribution in [0.25, 0.3) is 0 Å². The Hall–Kier alpha value is -1.65. The first-order valence-corrected chi connectivity index (χ1v) is 8.88. The van der Waals surface area contributed by atoms with Gasteiger partial charge >= 0.3 is 0 Å². The van der Waals surface area contributed by atoms with Gasteiger partial charge in [-0.3, -0.25) is 0 Å². The summed E-state index contributed by atoms with van der Waals surface area (Å²) in [6, 6.07) is 9.00. The van der Waals surface area contributed by atoms with Crippen molar-refractivity contribution in [3.63, 3.8) is 0 Å². The van der Waals surface area contributed by atoms with Gasteiger partial charge in [-0.2, -0.15) is 0 Å². The van der Waals surface area contributed by atoms with Gasteiger partial charge in [0.2, 0.25) is 0 Å². The molecule has 4 nitrogen and oxygen atoms in total. The smallest absolute Gasteiger partial charge is 0.116 e. The van der Waals surface area contributed by atoms with Gasteiger partial charge in [0.1, 0.15) is 5.82 Å². The maximum absolute atomic E-state index is 5.72. The van der Waals surface area contributed by atoms with Crippen LogP contribution in [0.15, 0.2) is 36.7 Å². The fraction of sp³-hybridized carbons (Fsp3) is 0.526. The van der Waals surface area contributed by atoms with E-state index < -0.39 is 0 Å². The number of fused-ring (bicyclic) bond motifs is 2. The molecule has 4 rings (SSSR count). The molecule has 1 atom stereocenters. The molecule has 2 aromatic rings. The number of likely N-dealkylation sites (tertiary alicyclic amines) is 1. The molecular formula is C19H26N4. The van der Waals surface area contributed by atoms with E-state index in [0.717, 1.165) is 26.1 Å². The number of imidazole rings is 1. The number of rotatable bonds is 3. The van der Waals surface area contributed by atoms with E-state index in [1.54, 1.807) is 0 Å². The van der Waals surface area contributed by atoms with Crippen LogP contribution in [0.2, 0.25) is 0 Å². The highest BCUT2D eigenvalue weighted by atomic mass is 15.1. The van der Waals surface area contributed by atoms with Gasteiger partial charge in [0.25, 0.3) is 0 Å². The van der Waals surface area contributed by atoms with Gasteiger partial charge < -0.3 is 15.2 Å². The van der Waals surface area contributed by atoms with E-state index in [2.05, 4.69) is 39.9 Å². The number of benzene rings is 1. The Labute approximate surface area is 138 Å². The summed E-state index contributed by atoms with van der Waals surface area (Å²) in [5.41, 5.74) is 8.73. The Bertz CT molecular complexity index is 655. The summed E-state index contributed by atoms with van der Waals surface area (Å²) in [5, 5.41) is 0. The second-order valence-electron chi connectivity index (χ2n) is 6.87. The fourth-order valence-corrected chi connectivity index (χ4v) is 4.39. The molecule has 0 aliphatic carbocycles. The highest BCUT2D eigenvalue weighted by Crippen LogP contribution is 2.40. The highest BCUT2D eigenvalue weighted by molar-refractivity contribution is 5.37. The van der Waals surface area contributed by atoms with Crippen LogP contribution >= 0.6 is 0 Å². The highest BCUT2D eigenvalue weighted by Gasteiger charge is 2.33. The summed E-state index contributed by atoms with van der Waals surface area (Å²) >= 11 is 0. The quantitative estimate of drug-likeness (QED) is 0.946. The molecule has 4 heteroatoms. The van der Waals surface area contributed by atoms with Gasteiger partial charge in [0, 0.05) is 37.9 Å². The molecule has 1 aromatic heterocycles. The number of hydrogen-bond donors (Lipinski definition) is 1. The molecule has 3 heterocycles. The van der Waals surface area contributed by atoms with Crippen molar-refractivity contribution in [2.45, 2.75) is 31.7 Å². The standard InChI is InChI=1S/C19H26N4/c20-8-13-22-10-5-16(6-11-22)18-17-4-2-1-3-15(17)7-12-23-14-9-21-19(18)23/h1-4,9,14,16,18H,5-8,10-13,20H2. The van der Waals surface area contributed by atoms with Crippen LogP contribution < -0.4 is 5.73 Å². The molecule has 1 fully saturated rings. The summed E-state index contributed by atoms with van der Waals surface area (Å²) in [6.07, 6.45) is 7.72. The number of aromatic nitrogens is 2. The minimum Gasteiger partial charge on any atom is -0.334 e. The van der Waals surface area contributed by atoms with Crippen LogP contribution in [-0.2, 0) is 13.0 Å². The molecular weight excluding hydrogens is 284 g/mol. The monoisotopic (exact) mass is 310 g/mol. The lowest BCUT2D eigenvalue weighted by Gasteiger charge is -2.36. The molecule has 2 N–H and O–H groups in total. The van der Waals surface area contributed by atoms with Gasteiger partial charge in [0.05, 0.1) is 0 Å². The average Bonchev–Trinajstić information content (AvgIpc) is 2.98. The second kappa shape index (κ2) is 6.46. The predicted molar refractivity (Wildman–Crippen MR) is 92.4 cm³/mol. The summed E-state index contributed by atoms with van der Waals surface area (Å²) in [5.74, 6) is 2.40. The van der Waals surface area contributed by atoms with E-state index in [1.807, 2.05) is 6.20 Å². The van der Waals surface area contributed by atoms with Crippen molar-refractivity contribution in [1.29, 1.82) is 0 Å². The van der Waals surface area contributed by atoms with Crippen molar-refractivity contribution in [3.05, 3.63) is 53.6 Å². The van der Waals surface area contributed by atoms with Crippen LogP contribution in [0.4, 0.5) is 0 Å². The SMILES string of the molecule is NCCN1CCC(C2c3ccccc3CCn3ccnc32)CC1. The topological polar surface area (TPSA) is 47.1 Å². The molecule has 2 aliphatic rings. The summed E-state index contributed by atoms with van der Waals surface area (Å²) in [6.45, 7) is 5.18. The maximum atomic E-state index is 5.72. The summed E-state index contributed by atoms with van der Waals surface area (Å²) < 4.78 is 2.37. The minimum atomic E-state index is 0.448. The molecule has 2 aliphatic heterocycles. The van der Waals surface area contributed by atoms with Crippen molar-refractivity contribution in [1.82, 2.24) is 14.5 Å². The molecule has 0 amide bonds. The second-order valence-corrected chi connectivity index (χ2v) is 6.87. The Morgan fingerprint density at radius 1 is 1.13 bits per heavy atom. The van der Waals surface area contributed by atoms with Crippen molar-refractivity contribution in [3.8, 4) is 0 Å². The zero-order valence-electron chi connectivity index (χ0n) is 13.7. The number of piperidine rings is 1. The van der Waals surface area contributed by atoms with Crippen molar-refractivity contribution in [2.24, 2.45) is 11.7 Å². The molecule has 1 unspecified atom stereocenters. The average molecular weight is 310 g/mol. The number of aryl methyl sites for hydroxylation is 2. The minimum absolute atomic E-state index is 0.448. The van der Waals surface area contributed by atoms with E-state index in [1.165, 1.54) is 42.9 Å². The molecule has 23 heavy (non-hydrogen) atoms. The Balaban J connectivity index is 1.66. The molecule has 1 saturated heterocycles. The summed E-state index contributed by atoms with van der Waals surface area (Å²) in [7, 11) is 0. The van der Waals surface area contributed by atoms with E-state index in [0.29, 0.717) is 11.8 Å². The van der Waals surface area contributed by atoms with Gasteiger partial charge in [0.15, 0.2) is 0 Å². The van der Waals surface area contributed by atoms with Crippen molar-refractivity contribution < 1.29 is 0 Å². The van der Waals surface area contributed by atoms with Crippen molar-refractivity contribution in [2.75, 3.05) is 26.2 Å². The first kappa shape index (κ1) is 14.9. The molecule has 1 aromatic carbocycles. The van der Waals surface area contributed by atoms with Gasteiger partial charge in [-0.1, -0.05) is 24.3 Å². The maximum Gasteiger partial charge on any atom is 0.116 e. The lowest BCUT2D eigenvalue weighted by atomic mass is 9.78. The van der Waals surface area contributed by atoms with E-state index in [9.17, 15) is 0 Å². The predicted octanol–water partition coefficient (Wildman–Crippen LogP) is 2.24. The largest absolute Gasteiger partial charge is 0.334 e. The Kier molecular flexibility index (Phi) is 4.19. The molecule has 0 saturated carbocycles. The van der Waals surface area contributed by atoms with Crippen LogP contribution in [0, 0.1) is 5.92 Å². The fourth-order valence-electron chi connectivity index (χ4n) is 4.39. The molecule has 0 radical (unpaired) electrons. The van der Waals surface area contributed by atoms with Gasteiger partial charge in [-0.05, 0) is 49.4 Å². The third kappa shape index (κ3) is 2.81. The first-order chi connectivity index (χ1) is 11.4. The summed E-state index contributed by atoms with van der Waals surface area (Å²) in [4.78, 5) is 7.26. The Morgan fingerprint density at radius 3 is 2.78 bits per heavy atom. The number of nitrogens with zero attached hydrogens (tertiary/aromatic N) is 3. The number of nitrogens with two attached hydrogens (primary N) is 1. The third-order valence-electron chi connectivity index (χ3n) is 5.59. The lowest BCUT2D eigenvalue weighted by molar-refractivity contribution is 0.177. The Morgan fingerprint density at radius 2 is 1.96 bits per heavy atom. The normalized spacial score (nSPS) is 22.4. The van der Waals surface area contributed by atoms with E-state index in [-0.39, 0.29) is 0 Å². The van der Waals surface area contributed by atoms with E-state index >= 15 is 0 Å². The number of hydrogen-bond acceptors (Lipinski definition) is 3. The van der Waals surface area contributed by atoms with Crippen LogP contribution in [0.3, 0.4) is 0 Å². The zero-order valence-corrected chi connectivity index (χ0v) is 13.7. The van der Waals surface area contributed by atoms with Gasteiger partial charge in [-0.25, -0.2) is 4.98 Å². The van der Waals surface area contributed by atoms with Crippen LogP contribution in [0.5, 0.6) is 0 Å². The molecule has 0 spiro atoms. The van der Waals surface area contributed by atoms with Crippen molar-refractivity contribution >= 4 is 0 Å². The molecule has 122 valence electrons. The van der Waals surface area contributed by atoms with E-state index in [4.69, 9.17) is 10.7 Å². The van der Waals surface area contributed by atoms with Crippen LogP contribution in [-0.4, -0.2) is 40.6 Å². The van der Waals surface area contributed by atoms with Gasteiger partial charge in [-0.15, -0.1) is 0 Å². The lowest BCUT2D eigenvalue weighted by Crippen LogP contribution is -2.38. The first-order valence-electron chi connectivity index (χ1n) is 8.88.